The topological polar surface area (TPSA) is 58.0 Å². The molecule has 0 saturated carbocycles. The van der Waals surface area contributed by atoms with Gasteiger partial charge in [0.25, 0.3) is 0 Å². The minimum absolute atomic E-state index is 0.0406. The molecule has 0 aliphatic rings. The zero-order valence-corrected chi connectivity index (χ0v) is 9.40. The third-order valence-corrected chi connectivity index (χ3v) is 2.73. The van der Waals surface area contributed by atoms with Crippen LogP contribution in [0, 0.1) is 0 Å². The van der Waals surface area contributed by atoms with Crippen molar-refractivity contribution in [2.24, 2.45) is 0 Å². The van der Waals surface area contributed by atoms with E-state index in [1.54, 1.807) is 0 Å². The average Bonchev–Trinajstić information content (AvgIpc) is 2.62. The molecule has 0 saturated heterocycles. The molecule has 1 aromatic rings. The highest BCUT2D eigenvalue weighted by atomic mass is 32.1. The van der Waals surface area contributed by atoms with Crippen LogP contribution in [-0.2, 0) is 6.18 Å². The molecule has 0 spiro atoms. The number of aromatic nitrogens is 2. The summed E-state index contributed by atoms with van der Waals surface area (Å²) in [6, 6.07) is -0.0406. The molecule has 0 aromatic carbocycles. The van der Waals surface area contributed by atoms with E-state index < -0.39 is 11.2 Å². The van der Waals surface area contributed by atoms with Gasteiger partial charge in [-0.2, -0.15) is 13.2 Å². The standard InChI is InChI=1S/C8H12F3N3OS/c1-5(3-2-4-15)12-7-14-13-6(16-7)8(9,10)11/h5,15H,2-4H2,1H3,(H,12,14). The second-order valence-electron chi connectivity index (χ2n) is 3.32. The van der Waals surface area contributed by atoms with E-state index in [4.69, 9.17) is 5.11 Å². The van der Waals surface area contributed by atoms with Gasteiger partial charge in [0, 0.05) is 12.6 Å². The number of nitrogens with zero attached hydrogens (tertiary/aromatic N) is 2. The molecular weight excluding hydrogens is 243 g/mol. The molecular formula is C8H12F3N3OS. The molecule has 0 aliphatic carbocycles. The number of nitrogens with one attached hydrogen (secondary N) is 1. The van der Waals surface area contributed by atoms with Gasteiger partial charge in [0.2, 0.25) is 10.1 Å². The lowest BCUT2D eigenvalue weighted by Gasteiger charge is -2.10. The van der Waals surface area contributed by atoms with Crippen LogP contribution in [0.5, 0.6) is 0 Å². The molecule has 92 valence electrons. The Balaban J connectivity index is 2.52. The van der Waals surface area contributed by atoms with Crippen molar-refractivity contribution in [1.29, 1.82) is 0 Å². The second kappa shape index (κ2) is 5.44. The van der Waals surface area contributed by atoms with Gasteiger partial charge in [-0.15, -0.1) is 10.2 Å². The maximum atomic E-state index is 12.2. The first-order valence-corrected chi connectivity index (χ1v) is 5.53. The van der Waals surface area contributed by atoms with Crippen molar-refractivity contribution < 1.29 is 18.3 Å². The van der Waals surface area contributed by atoms with Crippen molar-refractivity contribution in [2.75, 3.05) is 11.9 Å². The normalized spacial score (nSPS) is 13.8. The smallest absolute Gasteiger partial charge is 0.396 e. The van der Waals surface area contributed by atoms with E-state index in [1.165, 1.54) is 0 Å². The summed E-state index contributed by atoms with van der Waals surface area (Å²) >= 11 is 0.481. The van der Waals surface area contributed by atoms with E-state index in [9.17, 15) is 13.2 Å². The molecule has 1 aromatic heterocycles. The van der Waals surface area contributed by atoms with Crippen LogP contribution in [0.25, 0.3) is 0 Å². The van der Waals surface area contributed by atoms with E-state index in [1.807, 2.05) is 6.92 Å². The highest BCUT2D eigenvalue weighted by Crippen LogP contribution is 2.33. The molecule has 2 N–H and O–H groups in total. The van der Waals surface area contributed by atoms with Gasteiger partial charge in [-0.25, -0.2) is 0 Å². The molecule has 0 amide bonds. The SMILES string of the molecule is CC(CCCO)Nc1nnc(C(F)(F)F)s1. The number of anilines is 1. The first kappa shape index (κ1) is 13.2. The maximum Gasteiger partial charge on any atom is 0.445 e. The summed E-state index contributed by atoms with van der Waals surface area (Å²) in [6.45, 7) is 1.88. The molecule has 1 unspecified atom stereocenters. The van der Waals surface area contributed by atoms with E-state index in [0.29, 0.717) is 24.2 Å². The van der Waals surface area contributed by atoms with Crippen molar-refractivity contribution >= 4 is 16.5 Å². The molecule has 1 atom stereocenters. The van der Waals surface area contributed by atoms with E-state index in [-0.39, 0.29) is 17.8 Å². The van der Waals surface area contributed by atoms with Gasteiger partial charge in [-0.1, -0.05) is 11.3 Å². The van der Waals surface area contributed by atoms with Crippen LogP contribution in [0.1, 0.15) is 24.8 Å². The predicted octanol–water partition coefficient (Wildman–Crippen LogP) is 2.13. The van der Waals surface area contributed by atoms with Crippen molar-refractivity contribution in [3.63, 3.8) is 0 Å². The predicted molar refractivity (Wildman–Crippen MR) is 54.3 cm³/mol. The van der Waals surface area contributed by atoms with Crippen LogP contribution in [-0.4, -0.2) is 28.0 Å². The number of alkyl halides is 3. The Labute approximate surface area is 94.5 Å². The van der Waals surface area contributed by atoms with Crippen LogP contribution in [0.3, 0.4) is 0 Å². The first-order chi connectivity index (χ1) is 7.43. The summed E-state index contributed by atoms with van der Waals surface area (Å²) in [5, 5.41) is 17.0. The van der Waals surface area contributed by atoms with Gasteiger partial charge in [-0.05, 0) is 19.8 Å². The Morgan fingerprint density at radius 1 is 1.44 bits per heavy atom. The molecule has 0 bridgehead atoms. The zero-order valence-electron chi connectivity index (χ0n) is 8.58. The molecule has 1 rings (SSSR count). The van der Waals surface area contributed by atoms with Gasteiger partial charge in [-0.3, -0.25) is 0 Å². The fourth-order valence-corrected chi connectivity index (χ4v) is 1.80. The summed E-state index contributed by atoms with van der Waals surface area (Å²) in [6.07, 6.45) is -3.18. The van der Waals surface area contributed by atoms with Crippen molar-refractivity contribution in [1.82, 2.24) is 10.2 Å². The summed E-state index contributed by atoms with van der Waals surface area (Å²) in [5.41, 5.74) is 0. The Morgan fingerprint density at radius 2 is 2.12 bits per heavy atom. The summed E-state index contributed by atoms with van der Waals surface area (Å²) < 4.78 is 36.6. The average molecular weight is 255 g/mol. The summed E-state index contributed by atoms with van der Waals surface area (Å²) in [7, 11) is 0. The van der Waals surface area contributed by atoms with Gasteiger partial charge in [0.05, 0.1) is 0 Å². The lowest BCUT2D eigenvalue weighted by atomic mass is 10.2. The van der Waals surface area contributed by atoms with Gasteiger partial charge >= 0.3 is 6.18 Å². The van der Waals surface area contributed by atoms with Crippen LogP contribution in [0.15, 0.2) is 0 Å². The number of aliphatic hydroxyl groups is 1. The number of halogens is 3. The lowest BCUT2D eigenvalue weighted by Crippen LogP contribution is -2.15. The minimum Gasteiger partial charge on any atom is -0.396 e. The van der Waals surface area contributed by atoms with Crippen molar-refractivity contribution in [3.05, 3.63) is 5.01 Å². The zero-order chi connectivity index (χ0) is 12.2. The van der Waals surface area contributed by atoms with Gasteiger partial charge in [0.1, 0.15) is 0 Å². The Bertz CT molecular complexity index is 329. The number of aliphatic hydroxyl groups excluding tert-OH is 1. The largest absolute Gasteiger partial charge is 0.445 e. The molecule has 8 heteroatoms. The van der Waals surface area contributed by atoms with Crippen LogP contribution in [0.4, 0.5) is 18.3 Å². The molecule has 0 radical (unpaired) electrons. The molecule has 1 heterocycles. The van der Waals surface area contributed by atoms with Crippen molar-refractivity contribution in [3.8, 4) is 0 Å². The Hall–Kier alpha value is -0.890. The fraction of sp³-hybridized carbons (Fsp3) is 0.750. The second-order valence-corrected chi connectivity index (χ2v) is 4.30. The van der Waals surface area contributed by atoms with Crippen LogP contribution < -0.4 is 5.32 Å². The van der Waals surface area contributed by atoms with Gasteiger partial charge in [0.15, 0.2) is 0 Å². The fourth-order valence-electron chi connectivity index (χ4n) is 1.08. The first-order valence-electron chi connectivity index (χ1n) is 4.71. The third kappa shape index (κ3) is 3.93. The highest BCUT2D eigenvalue weighted by molar-refractivity contribution is 7.15. The molecule has 16 heavy (non-hydrogen) atoms. The number of hydrogen-bond acceptors (Lipinski definition) is 5. The third-order valence-electron chi connectivity index (χ3n) is 1.83. The summed E-state index contributed by atoms with van der Waals surface area (Å²) in [4.78, 5) is 0. The Morgan fingerprint density at radius 3 is 2.62 bits per heavy atom. The quantitative estimate of drug-likeness (QED) is 0.846. The Kier molecular flexibility index (Phi) is 4.48. The number of hydrogen-bond donors (Lipinski definition) is 2. The van der Waals surface area contributed by atoms with E-state index >= 15 is 0 Å². The molecule has 4 nitrogen and oxygen atoms in total. The maximum absolute atomic E-state index is 12.2. The summed E-state index contributed by atoms with van der Waals surface area (Å²) in [5.74, 6) is 0. The molecule has 0 aliphatic heterocycles. The monoisotopic (exact) mass is 255 g/mol. The van der Waals surface area contributed by atoms with E-state index in [0.717, 1.165) is 0 Å². The highest BCUT2D eigenvalue weighted by Gasteiger charge is 2.35. The van der Waals surface area contributed by atoms with Crippen molar-refractivity contribution in [2.45, 2.75) is 32.0 Å². The van der Waals surface area contributed by atoms with Gasteiger partial charge < -0.3 is 10.4 Å². The van der Waals surface area contributed by atoms with Crippen LogP contribution in [0.2, 0.25) is 0 Å². The number of rotatable bonds is 5. The van der Waals surface area contributed by atoms with Crippen LogP contribution >= 0.6 is 11.3 Å². The molecule has 0 fully saturated rings. The lowest BCUT2D eigenvalue weighted by molar-refractivity contribution is -0.138. The minimum atomic E-state index is -4.44. The van der Waals surface area contributed by atoms with E-state index in [2.05, 4.69) is 15.5 Å².